The second-order valence-electron chi connectivity index (χ2n) is 7.06. The zero-order valence-corrected chi connectivity index (χ0v) is 16.0. The topological polar surface area (TPSA) is 75.4 Å². The molecule has 0 saturated carbocycles. The number of hydrogen-bond acceptors (Lipinski definition) is 4. The minimum Gasteiger partial charge on any atom is -0.443 e. The number of nitrogens with zero attached hydrogens (tertiary/aromatic N) is 2. The minimum atomic E-state index is -0.287. The van der Waals surface area contributed by atoms with Gasteiger partial charge in [0.2, 0.25) is 0 Å². The van der Waals surface area contributed by atoms with Crippen LogP contribution in [0, 0.1) is 0 Å². The van der Waals surface area contributed by atoms with Crippen LogP contribution in [0.1, 0.15) is 66.8 Å². The van der Waals surface area contributed by atoms with Crippen LogP contribution in [0.25, 0.3) is 11.3 Å². The fourth-order valence-electron chi connectivity index (χ4n) is 3.30. The Labute approximate surface area is 160 Å². The maximum Gasteiger partial charge on any atom is 0.274 e. The summed E-state index contributed by atoms with van der Waals surface area (Å²) in [5.74, 6) is 0.0388. The summed E-state index contributed by atoms with van der Waals surface area (Å²) in [6, 6.07) is 7.32. The molecule has 0 aliphatic carbocycles. The van der Waals surface area contributed by atoms with E-state index in [1.54, 1.807) is 6.07 Å². The molecule has 0 spiro atoms. The third-order valence-corrected chi connectivity index (χ3v) is 5.07. The van der Waals surface area contributed by atoms with E-state index in [1.165, 1.54) is 6.39 Å². The highest BCUT2D eigenvalue weighted by atomic mass is 16.3. The number of hydrogen-bond donors (Lipinski definition) is 1. The first kappa shape index (κ1) is 19.1. The van der Waals surface area contributed by atoms with Crippen LogP contribution in [0.15, 0.2) is 35.1 Å². The zero-order valence-electron chi connectivity index (χ0n) is 16.0. The molecule has 6 heteroatoms. The van der Waals surface area contributed by atoms with Crippen molar-refractivity contribution in [3.8, 4) is 11.3 Å². The van der Waals surface area contributed by atoms with Crippen molar-refractivity contribution in [2.45, 2.75) is 52.0 Å². The maximum absolute atomic E-state index is 13.1. The molecule has 1 fully saturated rings. The normalized spacial score (nSPS) is 15.9. The van der Waals surface area contributed by atoms with Crippen molar-refractivity contribution < 1.29 is 14.0 Å². The Morgan fingerprint density at radius 3 is 2.59 bits per heavy atom. The highest BCUT2D eigenvalue weighted by Crippen LogP contribution is 2.28. The number of carbonyl (C=O) groups excluding carboxylic acids is 2. The molecule has 2 aromatic rings. The highest BCUT2D eigenvalue weighted by Gasteiger charge is 2.25. The van der Waals surface area contributed by atoms with Gasteiger partial charge >= 0.3 is 0 Å². The Hall–Kier alpha value is -2.63. The number of nitrogens with one attached hydrogen (secondary N) is 1. The molecule has 0 bridgehead atoms. The summed E-state index contributed by atoms with van der Waals surface area (Å²) >= 11 is 0. The number of carbonyl (C=O) groups is 2. The van der Waals surface area contributed by atoms with Gasteiger partial charge in [0, 0.05) is 24.7 Å². The second-order valence-corrected chi connectivity index (χ2v) is 7.06. The van der Waals surface area contributed by atoms with E-state index >= 15 is 0 Å². The number of oxazole rings is 1. The lowest BCUT2D eigenvalue weighted by Crippen LogP contribution is -2.33. The molecule has 144 valence electrons. The van der Waals surface area contributed by atoms with E-state index in [-0.39, 0.29) is 23.6 Å². The van der Waals surface area contributed by atoms with Gasteiger partial charge in [-0.1, -0.05) is 38.0 Å². The van der Waals surface area contributed by atoms with Crippen molar-refractivity contribution in [2.24, 2.45) is 0 Å². The predicted octanol–water partition coefficient (Wildman–Crippen LogP) is 3.89. The third-order valence-electron chi connectivity index (χ3n) is 5.07. The number of aromatic nitrogens is 1. The summed E-state index contributed by atoms with van der Waals surface area (Å²) in [6.07, 6.45) is 6.45. The van der Waals surface area contributed by atoms with Crippen LogP contribution < -0.4 is 5.32 Å². The monoisotopic (exact) mass is 369 g/mol. The fraction of sp³-hybridized carbons (Fsp3) is 0.476. The molecule has 1 atom stereocenters. The second kappa shape index (κ2) is 8.84. The molecular weight excluding hydrogens is 342 g/mol. The molecule has 1 aromatic heterocycles. The molecule has 1 saturated heterocycles. The average molecular weight is 369 g/mol. The van der Waals surface area contributed by atoms with Crippen LogP contribution in [-0.4, -0.2) is 40.8 Å². The highest BCUT2D eigenvalue weighted by molar-refractivity contribution is 6.04. The molecule has 2 heterocycles. The summed E-state index contributed by atoms with van der Waals surface area (Å²) in [5.41, 5.74) is 1.37. The van der Waals surface area contributed by atoms with Crippen LogP contribution in [0.3, 0.4) is 0 Å². The van der Waals surface area contributed by atoms with E-state index in [9.17, 15) is 9.59 Å². The number of likely N-dealkylation sites (tertiary alicyclic amines) is 1. The molecule has 0 unspecified atom stereocenters. The van der Waals surface area contributed by atoms with E-state index in [1.807, 2.05) is 36.9 Å². The quantitative estimate of drug-likeness (QED) is 0.868. The number of benzene rings is 1. The summed E-state index contributed by atoms with van der Waals surface area (Å²) in [6.45, 7) is 5.48. The van der Waals surface area contributed by atoms with Gasteiger partial charge < -0.3 is 14.6 Å². The summed E-state index contributed by atoms with van der Waals surface area (Å²) in [5, 5.41) is 2.91. The first-order valence-electron chi connectivity index (χ1n) is 9.74. The SMILES string of the molecule is CC[C@@H](C)NC(=O)c1ncoc1-c1ccccc1C(=O)N1CCCCCC1. The molecule has 1 aromatic carbocycles. The molecule has 1 N–H and O–H groups in total. The van der Waals surface area contributed by atoms with E-state index in [2.05, 4.69) is 10.3 Å². The Bertz CT molecular complexity index is 791. The van der Waals surface area contributed by atoms with Crippen LogP contribution >= 0.6 is 0 Å². The first-order chi connectivity index (χ1) is 13.1. The Balaban J connectivity index is 1.92. The largest absolute Gasteiger partial charge is 0.443 e. The summed E-state index contributed by atoms with van der Waals surface area (Å²) < 4.78 is 5.55. The van der Waals surface area contributed by atoms with Gasteiger partial charge in [0.1, 0.15) is 0 Å². The van der Waals surface area contributed by atoms with Crippen molar-refractivity contribution in [1.82, 2.24) is 15.2 Å². The smallest absolute Gasteiger partial charge is 0.274 e. The average Bonchev–Trinajstić information content (AvgIpc) is 3.02. The maximum atomic E-state index is 13.1. The molecule has 1 aliphatic heterocycles. The number of amides is 2. The zero-order chi connectivity index (χ0) is 19.2. The summed E-state index contributed by atoms with van der Waals surface area (Å²) in [7, 11) is 0. The molecular formula is C21H27N3O3. The van der Waals surface area contributed by atoms with Crippen molar-refractivity contribution in [1.29, 1.82) is 0 Å². The van der Waals surface area contributed by atoms with E-state index in [0.717, 1.165) is 45.2 Å². The van der Waals surface area contributed by atoms with Gasteiger partial charge in [-0.25, -0.2) is 4.98 Å². The van der Waals surface area contributed by atoms with Gasteiger partial charge in [-0.05, 0) is 32.3 Å². The Morgan fingerprint density at radius 1 is 1.19 bits per heavy atom. The predicted molar refractivity (Wildman–Crippen MR) is 104 cm³/mol. The molecule has 0 radical (unpaired) electrons. The van der Waals surface area contributed by atoms with Crippen molar-refractivity contribution in [3.63, 3.8) is 0 Å². The number of rotatable bonds is 5. The van der Waals surface area contributed by atoms with Crippen LogP contribution in [0.4, 0.5) is 0 Å². The van der Waals surface area contributed by atoms with Crippen molar-refractivity contribution >= 4 is 11.8 Å². The minimum absolute atomic E-state index is 0.0165. The molecule has 1 aliphatic rings. The van der Waals surface area contributed by atoms with Crippen LogP contribution in [0.2, 0.25) is 0 Å². The fourth-order valence-corrected chi connectivity index (χ4v) is 3.30. The van der Waals surface area contributed by atoms with Crippen LogP contribution in [-0.2, 0) is 0 Å². The lowest BCUT2D eigenvalue weighted by atomic mass is 10.0. The van der Waals surface area contributed by atoms with E-state index < -0.39 is 0 Å². The van der Waals surface area contributed by atoms with Gasteiger partial charge in [0.15, 0.2) is 17.8 Å². The van der Waals surface area contributed by atoms with Gasteiger partial charge in [-0.15, -0.1) is 0 Å². The third kappa shape index (κ3) is 4.38. The molecule has 3 rings (SSSR count). The molecule has 2 amide bonds. The van der Waals surface area contributed by atoms with Crippen LogP contribution in [0.5, 0.6) is 0 Å². The summed E-state index contributed by atoms with van der Waals surface area (Å²) in [4.78, 5) is 31.7. The molecule has 27 heavy (non-hydrogen) atoms. The van der Waals surface area contributed by atoms with Gasteiger partial charge in [-0.2, -0.15) is 0 Å². The van der Waals surface area contributed by atoms with Gasteiger partial charge in [0.25, 0.3) is 11.8 Å². The Morgan fingerprint density at radius 2 is 1.89 bits per heavy atom. The van der Waals surface area contributed by atoms with Gasteiger partial charge in [-0.3, -0.25) is 9.59 Å². The van der Waals surface area contributed by atoms with E-state index in [0.29, 0.717) is 16.9 Å². The van der Waals surface area contributed by atoms with E-state index in [4.69, 9.17) is 4.42 Å². The lowest BCUT2D eigenvalue weighted by Gasteiger charge is -2.21. The standard InChI is InChI=1S/C21H27N3O3/c1-3-15(2)23-20(25)18-19(27-14-22-18)16-10-6-7-11-17(16)21(26)24-12-8-4-5-9-13-24/h6-7,10-11,14-15H,3-5,8-9,12-13H2,1-2H3,(H,23,25)/t15-/m1/s1. The Kier molecular flexibility index (Phi) is 6.27. The molecule has 6 nitrogen and oxygen atoms in total. The van der Waals surface area contributed by atoms with Gasteiger partial charge in [0.05, 0.1) is 5.56 Å². The van der Waals surface area contributed by atoms with Crippen molar-refractivity contribution in [2.75, 3.05) is 13.1 Å². The lowest BCUT2D eigenvalue weighted by molar-refractivity contribution is 0.0761. The van der Waals surface area contributed by atoms with Crippen molar-refractivity contribution in [3.05, 3.63) is 41.9 Å². The first-order valence-corrected chi connectivity index (χ1v) is 9.74.